The Kier molecular flexibility index (Phi) is 6.28. The quantitative estimate of drug-likeness (QED) is 0.589. The van der Waals surface area contributed by atoms with Gasteiger partial charge in [0.2, 0.25) is 0 Å². The summed E-state index contributed by atoms with van der Waals surface area (Å²) in [6.45, 7) is 8.70. The van der Waals surface area contributed by atoms with E-state index in [2.05, 4.69) is 60.8 Å². The molecule has 0 bridgehead atoms. The molecule has 140 valence electrons. The topological polar surface area (TPSA) is 51.6 Å². The van der Waals surface area contributed by atoms with Crippen molar-refractivity contribution >= 4 is 0 Å². The summed E-state index contributed by atoms with van der Waals surface area (Å²) in [6, 6.07) is 12.4. The standard InChI is InChI=1S/C23H28N4/c1-16(2)23-26-12-9-20(27-23)13-17(3)19-8-11-24-21(15-19)14-18(4)22-7-5-6-10-25-22/h5-12,15-18H,13-14H2,1-4H3. The van der Waals surface area contributed by atoms with Gasteiger partial charge in [-0.3, -0.25) is 9.97 Å². The van der Waals surface area contributed by atoms with Crippen molar-refractivity contribution in [1.82, 2.24) is 19.9 Å². The van der Waals surface area contributed by atoms with Crippen LogP contribution in [0.3, 0.4) is 0 Å². The molecule has 0 aliphatic heterocycles. The Morgan fingerprint density at radius 1 is 0.741 bits per heavy atom. The van der Waals surface area contributed by atoms with Crippen molar-refractivity contribution in [2.75, 3.05) is 0 Å². The zero-order valence-corrected chi connectivity index (χ0v) is 16.6. The van der Waals surface area contributed by atoms with Crippen LogP contribution in [0.2, 0.25) is 0 Å². The van der Waals surface area contributed by atoms with Crippen LogP contribution in [-0.4, -0.2) is 19.9 Å². The van der Waals surface area contributed by atoms with Crippen molar-refractivity contribution in [1.29, 1.82) is 0 Å². The lowest BCUT2D eigenvalue weighted by Gasteiger charge is -2.15. The van der Waals surface area contributed by atoms with Crippen molar-refractivity contribution in [2.24, 2.45) is 0 Å². The van der Waals surface area contributed by atoms with Crippen LogP contribution in [0.5, 0.6) is 0 Å². The van der Waals surface area contributed by atoms with Crippen LogP contribution in [0.15, 0.2) is 55.0 Å². The molecule has 0 aliphatic carbocycles. The van der Waals surface area contributed by atoms with E-state index in [1.54, 1.807) is 0 Å². The highest BCUT2D eigenvalue weighted by molar-refractivity contribution is 5.24. The minimum atomic E-state index is 0.347. The largest absolute Gasteiger partial charge is 0.261 e. The summed E-state index contributed by atoms with van der Waals surface area (Å²) < 4.78 is 0. The summed E-state index contributed by atoms with van der Waals surface area (Å²) in [7, 11) is 0. The molecule has 4 heteroatoms. The van der Waals surface area contributed by atoms with Crippen LogP contribution in [0.1, 0.15) is 73.9 Å². The van der Waals surface area contributed by atoms with Gasteiger partial charge < -0.3 is 0 Å². The molecule has 0 fully saturated rings. The average molecular weight is 361 g/mol. The van der Waals surface area contributed by atoms with Crippen LogP contribution < -0.4 is 0 Å². The van der Waals surface area contributed by atoms with Gasteiger partial charge in [0.25, 0.3) is 0 Å². The van der Waals surface area contributed by atoms with E-state index in [9.17, 15) is 0 Å². The van der Waals surface area contributed by atoms with E-state index >= 15 is 0 Å². The number of pyridine rings is 2. The van der Waals surface area contributed by atoms with Gasteiger partial charge in [-0.05, 0) is 54.7 Å². The van der Waals surface area contributed by atoms with E-state index < -0.39 is 0 Å². The minimum Gasteiger partial charge on any atom is -0.261 e. The molecular formula is C23H28N4. The van der Waals surface area contributed by atoms with Crippen LogP contribution in [-0.2, 0) is 12.8 Å². The van der Waals surface area contributed by atoms with E-state index in [4.69, 9.17) is 4.98 Å². The van der Waals surface area contributed by atoms with Crippen molar-refractivity contribution in [2.45, 2.75) is 58.3 Å². The van der Waals surface area contributed by atoms with Gasteiger partial charge in [-0.1, -0.05) is 33.8 Å². The zero-order chi connectivity index (χ0) is 19.2. The molecule has 2 atom stereocenters. The van der Waals surface area contributed by atoms with E-state index in [1.807, 2.05) is 36.8 Å². The van der Waals surface area contributed by atoms with Crippen LogP contribution >= 0.6 is 0 Å². The molecule has 4 nitrogen and oxygen atoms in total. The first-order chi connectivity index (χ1) is 13.0. The molecule has 3 aromatic heterocycles. The van der Waals surface area contributed by atoms with Gasteiger partial charge in [0.15, 0.2) is 0 Å². The first-order valence-electron chi connectivity index (χ1n) is 9.70. The summed E-state index contributed by atoms with van der Waals surface area (Å²) >= 11 is 0. The number of hydrogen-bond donors (Lipinski definition) is 0. The Balaban J connectivity index is 1.70. The van der Waals surface area contributed by atoms with Gasteiger partial charge >= 0.3 is 0 Å². The minimum absolute atomic E-state index is 0.347. The third-order valence-corrected chi connectivity index (χ3v) is 4.88. The lowest BCUT2D eigenvalue weighted by molar-refractivity contribution is 0.693. The summed E-state index contributed by atoms with van der Waals surface area (Å²) in [6.07, 6.45) is 7.44. The van der Waals surface area contributed by atoms with Gasteiger partial charge in [0.05, 0.1) is 0 Å². The highest BCUT2D eigenvalue weighted by Crippen LogP contribution is 2.23. The molecular weight excluding hydrogens is 332 g/mol. The molecule has 27 heavy (non-hydrogen) atoms. The predicted octanol–water partition coefficient (Wildman–Crippen LogP) is 5.08. The molecule has 3 heterocycles. The fourth-order valence-electron chi connectivity index (χ4n) is 3.24. The van der Waals surface area contributed by atoms with Gasteiger partial charge in [-0.2, -0.15) is 0 Å². The zero-order valence-electron chi connectivity index (χ0n) is 16.6. The Morgan fingerprint density at radius 3 is 2.26 bits per heavy atom. The average Bonchev–Trinajstić information content (AvgIpc) is 2.69. The Hall–Kier alpha value is -2.62. The highest BCUT2D eigenvalue weighted by Gasteiger charge is 2.13. The summed E-state index contributed by atoms with van der Waals surface area (Å²) in [5, 5.41) is 0. The predicted molar refractivity (Wildman–Crippen MR) is 109 cm³/mol. The molecule has 0 saturated carbocycles. The van der Waals surface area contributed by atoms with Gasteiger partial charge in [-0.25, -0.2) is 9.97 Å². The van der Waals surface area contributed by atoms with E-state index in [0.29, 0.717) is 17.8 Å². The Morgan fingerprint density at radius 2 is 1.52 bits per heavy atom. The fourth-order valence-corrected chi connectivity index (χ4v) is 3.24. The first kappa shape index (κ1) is 19.2. The second-order valence-corrected chi connectivity index (χ2v) is 7.61. The Labute approximate surface area is 162 Å². The van der Waals surface area contributed by atoms with Crippen molar-refractivity contribution in [3.8, 4) is 0 Å². The molecule has 0 amide bonds. The lowest BCUT2D eigenvalue weighted by Crippen LogP contribution is -2.07. The van der Waals surface area contributed by atoms with E-state index in [-0.39, 0.29) is 0 Å². The number of rotatable bonds is 7. The maximum Gasteiger partial charge on any atom is 0.131 e. The summed E-state index contributed by atoms with van der Waals surface area (Å²) in [5.41, 5.74) is 4.63. The summed E-state index contributed by atoms with van der Waals surface area (Å²) in [5.74, 6) is 1.99. The number of hydrogen-bond acceptors (Lipinski definition) is 4. The van der Waals surface area contributed by atoms with E-state index in [1.165, 1.54) is 5.56 Å². The second kappa shape index (κ2) is 8.85. The van der Waals surface area contributed by atoms with Crippen molar-refractivity contribution in [3.63, 3.8) is 0 Å². The van der Waals surface area contributed by atoms with Crippen LogP contribution in [0.25, 0.3) is 0 Å². The van der Waals surface area contributed by atoms with Gasteiger partial charge in [0.1, 0.15) is 5.82 Å². The van der Waals surface area contributed by atoms with E-state index in [0.717, 1.165) is 35.7 Å². The molecule has 0 radical (unpaired) electrons. The van der Waals surface area contributed by atoms with Gasteiger partial charge in [-0.15, -0.1) is 0 Å². The molecule has 2 unspecified atom stereocenters. The smallest absolute Gasteiger partial charge is 0.131 e. The number of nitrogens with zero attached hydrogens (tertiary/aromatic N) is 4. The molecule has 0 N–H and O–H groups in total. The molecule has 3 aromatic rings. The molecule has 3 rings (SSSR count). The maximum atomic E-state index is 4.71. The normalized spacial score (nSPS) is 13.5. The monoisotopic (exact) mass is 360 g/mol. The SMILES string of the molecule is CC(C)c1nccc(CC(C)c2ccnc(CC(C)c3ccccn3)c2)n1. The van der Waals surface area contributed by atoms with Gasteiger partial charge in [0, 0.05) is 47.5 Å². The lowest BCUT2D eigenvalue weighted by atomic mass is 9.94. The van der Waals surface area contributed by atoms with Crippen LogP contribution in [0.4, 0.5) is 0 Å². The Bertz CT molecular complexity index is 861. The number of aromatic nitrogens is 4. The third-order valence-electron chi connectivity index (χ3n) is 4.88. The second-order valence-electron chi connectivity index (χ2n) is 7.61. The molecule has 0 aromatic carbocycles. The molecule has 0 saturated heterocycles. The fraction of sp³-hybridized carbons (Fsp3) is 0.391. The van der Waals surface area contributed by atoms with Crippen molar-refractivity contribution < 1.29 is 0 Å². The molecule has 0 spiro atoms. The third kappa shape index (κ3) is 5.19. The van der Waals surface area contributed by atoms with Crippen LogP contribution in [0, 0.1) is 0 Å². The van der Waals surface area contributed by atoms with Crippen molar-refractivity contribution in [3.05, 3.63) is 83.5 Å². The summed E-state index contributed by atoms with van der Waals surface area (Å²) in [4.78, 5) is 18.1. The molecule has 0 aliphatic rings. The maximum absolute atomic E-state index is 4.71. The first-order valence-corrected chi connectivity index (χ1v) is 9.70. The highest BCUT2D eigenvalue weighted by atomic mass is 14.9.